The molecule has 1 aromatic rings. The minimum atomic E-state index is -3.63. The van der Waals surface area contributed by atoms with Crippen LogP contribution in [0.1, 0.15) is 32.1 Å². The number of sulfonamides is 1. The van der Waals surface area contributed by atoms with E-state index in [0.717, 1.165) is 19.3 Å². The van der Waals surface area contributed by atoms with E-state index in [2.05, 4.69) is 4.72 Å². The van der Waals surface area contributed by atoms with Gasteiger partial charge in [-0.3, -0.25) is 5.41 Å². The number of nitrogens with one attached hydrogen (secondary N) is 2. The minimum Gasteiger partial charge on any atom is -0.386 e. The van der Waals surface area contributed by atoms with Gasteiger partial charge < -0.3 is 5.73 Å². The summed E-state index contributed by atoms with van der Waals surface area (Å²) in [6.45, 7) is 0. The Labute approximate surface area is 113 Å². The van der Waals surface area contributed by atoms with E-state index in [9.17, 15) is 8.42 Å². The molecule has 0 bridgehead atoms. The third-order valence-corrected chi connectivity index (χ3v) is 5.16. The van der Waals surface area contributed by atoms with Crippen LogP contribution in [0.25, 0.3) is 0 Å². The highest BCUT2D eigenvalue weighted by molar-refractivity contribution is 7.89. The number of rotatable bonds is 4. The second-order valence-electron chi connectivity index (χ2n) is 4.97. The Morgan fingerprint density at radius 3 is 2.26 bits per heavy atom. The van der Waals surface area contributed by atoms with E-state index >= 15 is 0 Å². The molecule has 19 heavy (non-hydrogen) atoms. The molecule has 0 aliphatic heterocycles. The molecule has 1 aromatic carbocycles. The molecule has 4 N–H and O–H groups in total. The predicted octanol–water partition coefficient (Wildman–Crippen LogP) is 1.60. The van der Waals surface area contributed by atoms with Crippen LogP contribution in [0.4, 0.5) is 0 Å². The lowest BCUT2D eigenvalue weighted by molar-refractivity contribution is 0.348. The summed E-state index contributed by atoms with van der Waals surface area (Å²) >= 11 is 0. The van der Waals surface area contributed by atoms with E-state index < -0.39 is 15.6 Å². The third-order valence-electron chi connectivity index (χ3n) is 3.61. The van der Waals surface area contributed by atoms with Crippen molar-refractivity contribution in [2.45, 2.75) is 42.5 Å². The Kier molecular flexibility index (Phi) is 3.91. The molecule has 1 aliphatic rings. The van der Waals surface area contributed by atoms with Crippen molar-refractivity contribution in [1.82, 2.24) is 4.72 Å². The molecule has 0 radical (unpaired) electrons. The molecule has 1 fully saturated rings. The summed E-state index contributed by atoms with van der Waals surface area (Å²) in [7, 11) is -3.63. The van der Waals surface area contributed by atoms with E-state index in [4.69, 9.17) is 11.1 Å². The number of amidine groups is 1. The lowest BCUT2D eigenvalue weighted by Gasteiger charge is -2.36. The van der Waals surface area contributed by atoms with Gasteiger partial charge in [-0.1, -0.05) is 37.5 Å². The molecule has 0 heterocycles. The fraction of sp³-hybridized carbons (Fsp3) is 0.462. The lowest BCUT2D eigenvalue weighted by Crippen LogP contribution is -2.57. The van der Waals surface area contributed by atoms with Crippen LogP contribution in [0.2, 0.25) is 0 Å². The number of nitrogens with two attached hydrogens (primary N) is 1. The van der Waals surface area contributed by atoms with E-state index in [1.165, 1.54) is 0 Å². The maximum Gasteiger partial charge on any atom is 0.241 e. The summed E-state index contributed by atoms with van der Waals surface area (Å²) in [6, 6.07) is 8.20. The monoisotopic (exact) mass is 281 g/mol. The Morgan fingerprint density at radius 2 is 1.74 bits per heavy atom. The summed E-state index contributed by atoms with van der Waals surface area (Å²) in [6.07, 6.45) is 4.01. The number of benzene rings is 1. The molecule has 0 unspecified atom stereocenters. The van der Waals surface area contributed by atoms with Gasteiger partial charge in [0, 0.05) is 0 Å². The molecule has 0 amide bonds. The van der Waals surface area contributed by atoms with Crippen LogP contribution in [0.15, 0.2) is 35.2 Å². The fourth-order valence-corrected chi connectivity index (χ4v) is 3.96. The Morgan fingerprint density at radius 1 is 1.16 bits per heavy atom. The Bertz CT molecular complexity index is 549. The van der Waals surface area contributed by atoms with Crippen molar-refractivity contribution < 1.29 is 8.42 Å². The molecule has 0 spiro atoms. The van der Waals surface area contributed by atoms with E-state index in [-0.39, 0.29) is 10.7 Å². The van der Waals surface area contributed by atoms with Crippen molar-refractivity contribution in [3.05, 3.63) is 30.3 Å². The molecule has 0 saturated heterocycles. The minimum absolute atomic E-state index is 0.0910. The zero-order valence-electron chi connectivity index (χ0n) is 10.7. The zero-order valence-corrected chi connectivity index (χ0v) is 11.5. The summed E-state index contributed by atoms with van der Waals surface area (Å²) in [5.74, 6) is -0.0910. The van der Waals surface area contributed by atoms with E-state index in [1.807, 2.05) is 0 Å². The summed E-state index contributed by atoms with van der Waals surface area (Å²) in [5, 5.41) is 7.73. The molecule has 0 atom stereocenters. The Balaban J connectivity index is 2.29. The van der Waals surface area contributed by atoms with Crippen molar-refractivity contribution in [3.8, 4) is 0 Å². The van der Waals surface area contributed by atoms with Gasteiger partial charge in [0.2, 0.25) is 10.0 Å². The molecular formula is C13H19N3O2S. The van der Waals surface area contributed by atoms with E-state index in [1.54, 1.807) is 30.3 Å². The van der Waals surface area contributed by atoms with Crippen LogP contribution in [0.5, 0.6) is 0 Å². The smallest absolute Gasteiger partial charge is 0.241 e. The second kappa shape index (κ2) is 5.30. The van der Waals surface area contributed by atoms with Gasteiger partial charge in [-0.2, -0.15) is 4.72 Å². The van der Waals surface area contributed by atoms with Gasteiger partial charge in [0.05, 0.1) is 10.4 Å². The van der Waals surface area contributed by atoms with Crippen molar-refractivity contribution in [3.63, 3.8) is 0 Å². The molecule has 1 saturated carbocycles. The number of hydrogen-bond acceptors (Lipinski definition) is 3. The van der Waals surface area contributed by atoms with Gasteiger partial charge in [-0.25, -0.2) is 8.42 Å². The van der Waals surface area contributed by atoms with Gasteiger partial charge in [-0.05, 0) is 25.0 Å². The van der Waals surface area contributed by atoms with Crippen molar-refractivity contribution >= 4 is 15.9 Å². The first-order valence-corrected chi connectivity index (χ1v) is 7.88. The fourth-order valence-electron chi connectivity index (χ4n) is 2.50. The van der Waals surface area contributed by atoms with Crippen LogP contribution >= 0.6 is 0 Å². The predicted molar refractivity (Wildman–Crippen MR) is 74.5 cm³/mol. The topological polar surface area (TPSA) is 96.0 Å². The van der Waals surface area contributed by atoms with Crippen molar-refractivity contribution in [2.75, 3.05) is 0 Å². The molecule has 5 nitrogen and oxygen atoms in total. The van der Waals surface area contributed by atoms with Crippen LogP contribution in [-0.2, 0) is 10.0 Å². The summed E-state index contributed by atoms with van der Waals surface area (Å²) in [4.78, 5) is 0.209. The van der Waals surface area contributed by atoms with Crippen LogP contribution in [0.3, 0.4) is 0 Å². The maximum absolute atomic E-state index is 12.3. The normalized spacial score (nSPS) is 18.9. The SMILES string of the molecule is N=C(N)C1(NS(=O)(=O)c2ccccc2)CCCCC1. The Hall–Kier alpha value is -1.40. The average molecular weight is 281 g/mol. The average Bonchev–Trinajstić information content (AvgIpc) is 2.40. The zero-order chi connectivity index (χ0) is 13.9. The lowest BCUT2D eigenvalue weighted by atomic mass is 9.82. The largest absolute Gasteiger partial charge is 0.386 e. The first-order chi connectivity index (χ1) is 8.96. The van der Waals surface area contributed by atoms with Crippen LogP contribution < -0.4 is 10.5 Å². The van der Waals surface area contributed by atoms with Gasteiger partial charge in [-0.15, -0.1) is 0 Å². The number of hydrogen-bond donors (Lipinski definition) is 3. The van der Waals surface area contributed by atoms with Crippen LogP contribution in [-0.4, -0.2) is 19.8 Å². The highest BCUT2D eigenvalue weighted by atomic mass is 32.2. The quantitative estimate of drug-likeness (QED) is 0.577. The highest BCUT2D eigenvalue weighted by Crippen LogP contribution is 2.29. The molecule has 6 heteroatoms. The molecule has 0 aromatic heterocycles. The highest BCUT2D eigenvalue weighted by Gasteiger charge is 2.39. The maximum atomic E-state index is 12.3. The second-order valence-corrected chi connectivity index (χ2v) is 6.66. The van der Waals surface area contributed by atoms with Crippen LogP contribution in [0, 0.1) is 5.41 Å². The van der Waals surface area contributed by atoms with E-state index in [0.29, 0.717) is 12.8 Å². The molecular weight excluding hydrogens is 262 g/mol. The van der Waals surface area contributed by atoms with Gasteiger partial charge in [0.15, 0.2) is 0 Å². The molecule has 104 valence electrons. The van der Waals surface area contributed by atoms with Crippen molar-refractivity contribution in [1.29, 1.82) is 5.41 Å². The first-order valence-electron chi connectivity index (χ1n) is 6.40. The van der Waals surface area contributed by atoms with Crippen molar-refractivity contribution in [2.24, 2.45) is 5.73 Å². The van der Waals surface area contributed by atoms with Gasteiger partial charge in [0.1, 0.15) is 5.84 Å². The summed E-state index contributed by atoms with van der Waals surface area (Å²) in [5.41, 5.74) is 4.73. The first kappa shape index (κ1) is 14.0. The molecule has 1 aliphatic carbocycles. The van der Waals surface area contributed by atoms with Gasteiger partial charge >= 0.3 is 0 Å². The molecule has 2 rings (SSSR count). The van der Waals surface area contributed by atoms with Gasteiger partial charge in [0.25, 0.3) is 0 Å². The third kappa shape index (κ3) is 2.96. The standard InChI is InChI=1S/C13H19N3O2S/c14-12(15)13(9-5-2-6-10-13)16-19(17,18)11-7-3-1-4-8-11/h1,3-4,7-8,16H,2,5-6,9-10H2,(H3,14,15). The summed E-state index contributed by atoms with van der Waals surface area (Å²) < 4.78 is 27.3.